The van der Waals surface area contributed by atoms with Crippen LogP contribution in [0.4, 0.5) is 0 Å². The normalized spacial score (nSPS) is 14.0. The van der Waals surface area contributed by atoms with Crippen molar-refractivity contribution < 1.29 is 9.90 Å². The summed E-state index contributed by atoms with van der Waals surface area (Å²) in [4.78, 5) is 12.4. The van der Waals surface area contributed by atoms with Crippen LogP contribution in [0.2, 0.25) is 0 Å². The summed E-state index contributed by atoms with van der Waals surface area (Å²) < 4.78 is 0. The third-order valence-corrected chi connectivity index (χ3v) is 13.9. The molecular weight excluding hydrogens is 729 g/mol. The van der Waals surface area contributed by atoms with Gasteiger partial charge in [0.15, 0.2) is 0 Å². The zero-order valence-corrected chi connectivity index (χ0v) is 35.3. The Hall–Kier alpha value is -6.51. The second-order valence-electron chi connectivity index (χ2n) is 19.5. The maximum absolute atomic E-state index is 12.4. The van der Waals surface area contributed by atoms with Crippen LogP contribution in [0.3, 0.4) is 0 Å². The Bertz CT molecular complexity index is 3190. The van der Waals surface area contributed by atoms with Crippen LogP contribution in [0.5, 0.6) is 0 Å². The first-order valence-electron chi connectivity index (χ1n) is 21.3. The van der Waals surface area contributed by atoms with Gasteiger partial charge in [-0.2, -0.15) is 0 Å². The number of fused-ring (bicyclic) bond motifs is 3. The van der Waals surface area contributed by atoms with Crippen molar-refractivity contribution in [2.75, 3.05) is 0 Å². The van der Waals surface area contributed by atoms with Crippen molar-refractivity contribution >= 4 is 70.6 Å². The number of rotatable bonds is 6. The molecule has 0 unspecified atom stereocenters. The zero-order valence-electron chi connectivity index (χ0n) is 35.3. The molecule has 292 valence electrons. The minimum atomic E-state index is -0.804. The van der Waals surface area contributed by atoms with Crippen LogP contribution in [-0.2, 0) is 21.0 Å². The summed E-state index contributed by atoms with van der Waals surface area (Å²) in [6, 6.07) is 50.4. The molecule has 0 atom stereocenters. The molecule has 1 aliphatic carbocycles. The average molecular weight is 777 g/mol. The number of allylic oxidation sites excluding steroid dienone is 1. The lowest BCUT2D eigenvalue weighted by molar-refractivity contribution is -0.137. The number of aliphatic carboxylic acids is 1. The Morgan fingerprint density at radius 3 is 1.25 bits per heavy atom. The third kappa shape index (κ3) is 5.23. The Morgan fingerprint density at radius 2 is 0.867 bits per heavy atom. The first-order chi connectivity index (χ1) is 28.7. The van der Waals surface area contributed by atoms with E-state index in [1.807, 2.05) is 6.08 Å². The van der Waals surface area contributed by atoms with E-state index < -0.39 is 11.4 Å². The van der Waals surface area contributed by atoms with E-state index in [1.54, 1.807) is 0 Å². The van der Waals surface area contributed by atoms with Crippen LogP contribution in [0.15, 0.2) is 146 Å². The molecule has 60 heavy (non-hydrogen) atoms. The summed E-state index contributed by atoms with van der Waals surface area (Å²) in [6.07, 6.45) is 2.47. The summed E-state index contributed by atoms with van der Waals surface area (Å²) >= 11 is 0. The Balaban J connectivity index is 1.08. The van der Waals surface area contributed by atoms with Crippen LogP contribution in [0, 0.1) is 0 Å². The quantitative estimate of drug-likeness (QED) is 0.135. The van der Waals surface area contributed by atoms with Gasteiger partial charge < -0.3 is 5.11 Å². The van der Waals surface area contributed by atoms with Crippen LogP contribution in [-0.4, -0.2) is 11.1 Å². The van der Waals surface area contributed by atoms with E-state index in [2.05, 4.69) is 182 Å². The summed E-state index contributed by atoms with van der Waals surface area (Å²) in [5, 5.41) is 25.3. The van der Waals surface area contributed by atoms with Gasteiger partial charge in [-0.1, -0.05) is 169 Å². The molecule has 2 nitrogen and oxygen atoms in total. The summed E-state index contributed by atoms with van der Waals surface area (Å²) in [7, 11) is 0. The molecule has 0 aromatic heterocycles. The molecule has 0 fully saturated rings. The maximum Gasteiger partial charge on any atom is 0.303 e. The molecule has 0 heterocycles. The smallest absolute Gasteiger partial charge is 0.303 e. The molecule has 0 bridgehead atoms. The average Bonchev–Trinajstić information content (AvgIpc) is 3.51. The standard InChI is InChI=1S/C58H48O2/c1-8-58(26-25-51(59)60)49-31-35(43-19-13-33-9-11-37-27-41(56(2,3)4)29-39-17-23-47(43)54(33)52(37)39)15-21-45(49)46-22-16-36(32-50(46)58)44-20-14-34-10-12-38-28-42(57(5,6)7)30-40-18-24-48(44)55(34)53(38)40/h8-24,27-32H,1,25-26H2,2-7H3,(H,59,60). The predicted octanol–water partition coefficient (Wildman–Crippen LogP) is 15.7. The summed E-state index contributed by atoms with van der Waals surface area (Å²) in [5.74, 6) is -0.804. The molecular formula is C58H48O2. The van der Waals surface area contributed by atoms with Crippen LogP contribution in [0.1, 0.15) is 76.6 Å². The number of hydrogen-bond donors (Lipinski definition) is 1. The van der Waals surface area contributed by atoms with Gasteiger partial charge in [0.25, 0.3) is 0 Å². The second-order valence-corrected chi connectivity index (χ2v) is 19.5. The molecule has 1 aliphatic rings. The molecule has 0 saturated carbocycles. The minimum Gasteiger partial charge on any atom is -0.481 e. The number of benzene rings is 10. The van der Waals surface area contributed by atoms with Gasteiger partial charge in [-0.25, -0.2) is 0 Å². The van der Waals surface area contributed by atoms with Crippen LogP contribution in [0.25, 0.3) is 98.0 Å². The molecule has 0 saturated heterocycles. The molecule has 2 heteroatoms. The van der Waals surface area contributed by atoms with Gasteiger partial charge in [-0.15, -0.1) is 6.58 Å². The van der Waals surface area contributed by atoms with Crippen molar-refractivity contribution in [2.24, 2.45) is 0 Å². The highest BCUT2D eigenvalue weighted by molar-refractivity contribution is 6.27. The Morgan fingerprint density at radius 1 is 0.500 bits per heavy atom. The number of carboxylic acid groups (broad SMARTS) is 1. The Labute approximate surface area is 351 Å². The van der Waals surface area contributed by atoms with Gasteiger partial charge in [0.1, 0.15) is 0 Å². The molecule has 0 spiro atoms. The fourth-order valence-electron chi connectivity index (χ4n) is 10.7. The SMILES string of the molecule is C=CC1(CCC(=O)O)c2cc(-c3ccc4ccc5cc(C(C)(C)C)cc6ccc3c4c56)ccc2-c2ccc(-c3ccc4ccc5cc(C(C)(C)C)cc6ccc3c4c56)cc21. The van der Waals surface area contributed by atoms with Gasteiger partial charge in [-0.3, -0.25) is 4.79 Å². The van der Waals surface area contributed by atoms with Crippen LogP contribution < -0.4 is 0 Å². The lowest BCUT2D eigenvalue weighted by Gasteiger charge is -2.29. The molecule has 0 aliphatic heterocycles. The van der Waals surface area contributed by atoms with E-state index in [-0.39, 0.29) is 17.3 Å². The fraction of sp³-hybridized carbons (Fsp3) is 0.190. The first kappa shape index (κ1) is 36.6. The van der Waals surface area contributed by atoms with E-state index in [0.29, 0.717) is 6.42 Å². The molecule has 0 radical (unpaired) electrons. The van der Waals surface area contributed by atoms with Crippen molar-refractivity contribution in [1.82, 2.24) is 0 Å². The summed E-state index contributed by atoms with van der Waals surface area (Å²) in [6.45, 7) is 18.1. The van der Waals surface area contributed by atoms with Crippen molar-refractivity contribution in [3.05, 3.63) is 168 Å². The van der Waals surface area contributed by atoms with Gasteiger partial charge >= 0.3 is 5.97 Å². The highest BCUT2D eigenvalue weighted by Crippen LogP contribution is 2.55. The van der Waals surface area contributed by atoms with Gasteiger partial charge in [-0.05, 0) is 150 Å². The van der Waals surface area contributed by atoms with Crippen molar-refractivity contribution in [2.45, 2.75) is 70.6 Å². The molecule has 1 N–H and O–H groups in total. The van der Waals surface area contributed by atoms with Gasteiger partial charge in [0.05, 0.1) is 0 Å². The molecule has 10 aromatic rings. The second kappa shape index (κ2) is 12.5. The molecule has 10 aromatic carbocycles. The third-order valence-electron chi connectivity index (χ3n) is 13.9. The highest BCUT2D eigenvalue weighted by Gasteiger charge is 2.42. The lowest BCUT2D eigenvalue weighted by atomic mass is 9.73. The monoisotopic (exact) mass is 776 g/mol. The van der Waals surface area contributed by atoms with E-state index in [1.165, 1.54) is 86.9 Å². The number of carbonyl (C=O) groups is 1. The lowest BCUT2D eigenvalue weighted by Crippen LogP contribution is -2.23. The largest absolute Gasteiger partial charge is 0.481 e. The van der Waals surface area contributed by atoms with E-state index in [4.69, 9.17) is 0 Å². The maximum atomic E-state index is 12.4. The molecule has 0 amide bonds. The molecule has 11 rings (SSSR count). The first-order valence-corrected chi connectivity index (χ1v) is 21.3. The van der Waals surface area contributed by atoms with Crippen molar-refractivity contribution in [3.8, 4) is 33.4 Å². The topological polar surface area (TPSA) is 37.3 Å². The summed E-state index contributed by atoms with van der Waals surface area (Å²) in [5.41, 5.74) is 11.2. The van der Waals surface area contributed by atoms with Crippen molar-refractivity contribution in [1.29, 1.82) is 0 Å². The number of hydrogen-bond acceptors (Lipinski definition) is 1. The predicted molar refractivity (Wildman–Crippen MR) is 255 cm³/mol. The number of carboxylic acids is 1. The Kier molecular flexibility index (Phi) is 7.62. The van der Waals surface area contributed by atoms with E-state index in [0.717, 1.165) is 33.4 Å². The minimum absolute atomic E-state index is 0.0317. The van der Waals surface area contributed by atoms with E-state index >= 15 is 0 Å². The zero-order chi connectivity index (χ0) is 41.5. The van der Waals surface area contributed by atoms with Crippen molar-refractivity contribution in [3.63, 3.8) is 0 Å². The fourth-order valence-corrected chi connectivity index (χ4v) is 10.7. The van der Waals surface area contributed by atoms with Gasteiger partial charge in [0.2, 0.25) is 0 Å². The van der Waals surface area contributed by atoms with Gasteiger partial charge in [0, 0.05) is 11.8 Å². The van der Waals surface area contributed by atoms with Crippen LogP contribution >= 0.6 is 0 Å². The highest BCUT2D eigenvalue weighted by atomic mass is 16.4. The van der Waals surface area contributed by atoms with E-state index in [9.17, 15) is 9.90 Å².